The van der Waals surface area contributed by atoms with Crippen molar-refractivity contribution in [2.45, 2.75) is 19.3 Å². The van der Waals surface area contributed by atoms with Gasteiger partial charge >= 0.3 is 18.4 Å². The number of aromatic nitrogens is 2. The number of nitrogens with zero attached hydrogens (tertiary/aromatic N) is 1. The second-order valence-corrected chi connectivity index (χ2v) is 5.52. The number of amides is 2. The third-order valence-electron chi connectivity index (χ3n) is 2.89. The highest BCUT2D eigenvalue weighted by atomic mass is 19.4. The van der Waals surface area contributed by atoms with Crippen molar-refractivity contribution in [3.05, 3.63) is 30.0 Å². The first-order chi connectivity index (χ1) is 12.9. The molecule has 0 aliphatic rings. The average Bonchev–Trinajstić information content (AvgIpc) is 2.94. The van der Waals surface area contributed by atoms with Crippen LogP contribution < -0.4 is 20.1 Å². The fraction of sp³-hybridized carbons (Fsp3) is 0.333. The summed E-state index contributed by atoms with van der Waals surface area (Å²) >= 11 is 0. The number of urea groups is 1. The Morgan fingerprint density at radius 3 is 1.93 bits per heavy atom. The van der Waals surface area contributed by atoms with Gasteiger partial charge in [0, 0.05) is 35.6 Å². The van der Waals surface area contributed by atoms with Crippen LogP contribution >= 0.6 is 0 Å². The molecule has 0 saturated carbocycles. The summed E-state index contributed by atoms with van der Waals surface area (Å²) in [7, 11) is 0. The molecule has 28 heavy (non-hydrogen) atoms. The lowest BCUT2D eigenvalue weighted by Gasteiger charge is -2.15. The number of nitrogens with one attached hydrogen (secondary N) is 3. The molecule has 1 aromatic carbocycles. The maximum absolute atomic E-state index is 12.3. The number of halogens is 6. The van der Waals surface area contributed by atoms with Crippen molar-refractivity contribution in [3.8, 4) is 11.5 Å². The highest BCUT2D eigenvalue weighted by Gasteiger charge is 2.30. The van der Waals surface area contributed by atoms with E-state index in [1.54, 1.807) is 6.92 Å². The van der Waals surface area contributed by atoms with Crippen LogP contribution in [0.15, 0.2) is 24.3 Å². The molecule has 2 rings (SSSR count). The van der Waals surface area contributed by atoms with Gasteiger partial charge < -0.3 is 14.8 Å². The zero-order valence-corrected chi connectivity index (χ0v) is 14.2. The lowest BCUT2D eigenvalue weighted by molar-refractivity contribution is -0.153. The van der Waals surface area contributed by atoms with Crippen molar-refractivity contribution in [2.24, 2.45) is 0 Å². The number of aryl methyl sites for hydroxylation is 1. The number of hydrogen-bond donors (Lipinski definition) is 3. The lowest BCUT2D eigenvalue weighted by atomic mass is 10.2. The van der Waals surface area contributed by atoms with Gasteiger partial charge in [-0.1, -0.05) is 0 Å². The summed E-state index contributed by atoms with van der Waals surface area (Å²) in [5, 5.41) is 10.9. The van der Waals surface area contributed by atoms with Gasteiger partial charge in [-0.15, -0.1) is 0 Å². The Kier molecular flexibility index (Phi) is 6.26. The van der Waals surface area contributed by atoms with E-state index in [0.29, 0.717) is 5.69 Å². The van der Waals surface area contributed by atoms with E-state index in [4.69, 9.17) is 0 Å². The Labute approximate surface area is 154 Å². The molecule has 0 fully saturated rings. The van der Waals surface area contributed by atoms with Gasteiger partial charge in [0.15, 0.2) is 19.0 Å². The van der Waals surface area contributed by atoms with Gasteiger partial charge in [-0.25, -0.2) is 4.79 Å². The molecular weight excluding hydrogens is 398 g/mol. The molecule has 0 spiro atoms. The van der Waals surface area contributed by atoms with Crippen molar-refractivity contribution >= 4 is 17.5 Å². The Hall–Kier alpha value is -3.12. The average molecular weight is 412 g/mol. The molecule has 0 bridgehead atoms. The van der Waals surface area contributed by atoms with Crippen LogP contribution in [-0.4, -0.2) is 41.8 Å². The molecule has 0 unspecified atom stereocenters. The van der Waals surface area contributed by atoms with E-state index >= 15 is 0 Å². The van der Waals surface area contributed by atoms with E-state index in [1.165, 1.54) is 6.07 Å². The minimum Gasteiger partial charge on any atom is -0.484 e. The number of H-pyrrole nitrogens is 1. The van der Waals surface area contributed by atoms with Gasteiger partial charge in [-0.3, -0.25) is 10.4 Å². The van der Waals surface area contributed by atoms with Crippen molar-refractivity contribution < 1.29 is 40.6 Å². The molecule has 13 heteroatoms. The predicted octanol–water partition coefficient (Wildman–Crippen LogP) is 4.24. The summed E-state index contributed by atoms with van der Waals surface area (Å²) in [6.07, 6.45) is -9.32. The normalized spacial score (nSPS) is 11.8. The fourth-order valence-electron chi connectivity index (χ4n) is 1.90. The van der Waals surface area contributed by atoms with Crippen LogP contribution in [0.3, 0.4) is 0 Å². The number of alkyl halides is 6. The number of carbonyl (C=O) groups excluding carboxylic acids is 1. The van der Waals surface area contributed by atoms with E-state index in [1.807, 2.05) is 0 Å². The largest absolute Gasteiger partial charge is 0.484 e. The van der Waals surface area contributed by atoms with Crippen LogP contribution in [-0.2, 0) is 0 Å². The number of rotatable bonds is 6. The standard InChI is InChI=1S/C15H14F6N4O3/c1-8-2-12(25-24-8)23-13(26)22-9-3-10(27-6-14(16,17)18)5-11(4-9)28-7-15(19,20)21/h2-5H,6-7H2,1H3,(H3,22,23,24,25,26). The molecule has 0 aliphatic carbocycles. The van der Waals surface area contributed by atoms with Crippen LogP contribution in [0.5, 0.6) is 11.5 Å². The first-order valence-corrected chi connectivity index (χ1v) is 7.54. The molecule has 0 saturated heterocycles. The minimum atomic E-state index is -4.66. The third kappa shape index (κ3) is 7.63. The van der Waals surface area contributed by atoms with Gasteiger partial charge in [0.1, 0.15) is 11.5 Å². The molecule has 2 aromatic rings. The first-order valence-electron chi connectivity index (χ1n) is 7.54. The molecule has 0 aliphatic heterocycles. The van der Waals surface area contributed by atoms with Gasteiger partial charge in [-0.05, 0) is 6.92 Å². The van der Waals surface area contributed by atoms with Crippen LogP contribution in [0.25, 0.3) is 0 Å². The third-order valence-corrected chi connectivity index (χ3v) is 2.89. The van der Waals surface area contributed by atoms with E-state index < -0.39 is 43.1 Å². The summed E-state index contributed by atoms with van der Waals surface area (Å²) in [5.41, 5.74) is 0.502. The quantitative estimate of drug-likeness (QED) is 0.620. The van der Waals surface area contributed by atoms with Gasteiger partial charge in [-0.2, -0.15) is 31.4 Å². The maximum Gasteiger partial charge on any atom is 0.422 e. The monoisotopic (exact) mass is 412 g/mol. The highest BCUT2D eigenvalue weighted by Crippen LogP contribution is 2.29. The topological polar surface area (TPSA) is 88.3 Å². The number of anilines is 2. The van der Waals surface area contributed by atoms with Crippen LogP contribution in [0, 0.1) is 6.92 Å². The number of ether oxygens (including phenoxy) is 2. The Balaban J connectivity index is 2.14. The maximum atomic E-state index is 12.3. The molecule has 2 amide bonds. The first kappa shape index (κ1) is 21.2. The lowest BCUT2D eigenvalue weighted by Crippen LogP contribution is -2.21. The Morgan fingerprint density at radius 1 is 0.964 bits per heavy atom. The van der Waals surface area contributed by atoms with Gasteiger partial charge in [0.25, 0.3) is 0 Å². The van der Waals surface area contributed by atoms with E-state index in [-0.39, 0.29) is 11.5 Å². The van der Waals surface area contributed by atoms with E-state index in [2.05, 4.69) is 30.3 Å². The zero-order chi connectivity index (χ0) is 20.9. The zero-order valence-electron chi connectivity index (χ0n) is 14.2. The number of aromatic amines is 1. The van der Waals surface area contributed by atoms with Crippen LogP contribution in [0.1, 0.15) is 5.69 Å². The fourth-order valence-corrected chi connectivity index (χ4v) is 1.90. The molecular formula is C15H14F6N4O3. The molecule has 1 heterocycles. The van der Waals surface area contributed by atoms with Gasteiger partial charge in [0.2, 0.25) is 0 Å². The minimum absolute atomic E-state index is 0.151. The smallest absolute Gasteiger partial charge is 0.422 e. The van der Waals surface area contributed by atoms with Crippen LogP contribution in [0.4, 0.5) is 42.6 Å². The number of hydrogen-bond acceptors (Lipinski definition) is 4. The molecule has 0 radical (unpaired) electrons. The second-order valence-electron chi connectivity index (χ2n) is 5.52. The summed E-state index contributed by atoms with van der Waals surface area (Å²) in [6, 6.07) is 3.52. The molecule has 3 N–H and O–H groups in total. The molecule has 0 atom stereocenters. The summed E-state index contributed by atoms with van der Waals surface area (Å²) in [5.74, 6) is -0.723. The van der Waals surface area contributed by atoms with Crippen molar-refractivity contribution in [3.63, 3.8) is 0 Å². The van der Waals surface area contributed by atoms with Crippen molar-refractivity contribution in [1.29, 1.82) is 0 Å². The number of benzene rings is 1. The second kappa shape index (κ2) is 8.27. The summed E-state index contributed by atoms with van der Waals surface area (Å²) < 4.78 is 82.9. The highest BCUT2D eigenvalue weighted by molar-refractivity contribution is 5.99. The SMILES string of the molecule is Cc1cc(NC(=O)Nc2cc(OCC(F)(F)F)cc(OCC(F)(F)F)c2)n[nH]1. The predicted molar refractivity (Wildman–Crippen MR) is 85.5 cm³/mol. The van der Waals surface area contributed by atoms with Gasteiger partial charge in [0.05, 0.1) is 0 Å². The molecule has 154 valence electrons. The summed E-state index contributed by atoms with van der Waals surface area (Å²) in [4.78, 5) is 11.9. The van der Waals surface area contributed by atoms with Crippen molar-refractivity contribution in [1.82, 2.24) is 10.2 Å². The van der Waals surface area contributed by atoms with E-state index in [9.17, 15) is 31.1 Å². The summed E-state index contributed by atoms with van der Waals surface area (Å²) in [6.45, 7) is -1.66. The van der Waals surface area contributed by atoms with Crippen LogP contribution in [0.2, 0.25) is 0 Å². The number of carbonyl (C=O) groups is 1. The van der Waals surface area contributed by atoms with Crippen molar-refractivity contribution in [2.75, 3.05) is 23.8 Å². The molecule has 7 nitrogen and oxygen atoms in total. The molecule has 1 aromatic heterocycles. The Bertz CT molecular complexity index is 783. The Morgan fingerprint density at radius 2 is 1.50 bits per heavy atom. The van der Waals surface area contributed by atoms with E-state index in [0.717, 1.165) is 18.2 Å².